The second-order valence-corrected chi connectivity index (χ2v) is 7.13. The molecule has 5 heteroatoms. The van der Waals surface area contributed by atoms with E-state index in [0.717, 1.165) is 33.6 Å². The van der Waals surface area contributed by atoms with Crippen molar-refractivity contribution in [2.45, 2.75) is 20.0 Å². The van der Waals surface area contributed by atoms with Crippen LogP contribution in [0.3, 0.4) is 0 Å². The molecule has 148 valence electrons. The predicted molar refractivity (Wildman–Crippen MR) is 118 cm³/mol. The Balaban J connectivity index is 1.46. The number of carbonyl (C=O) groups is 1. The second kappa shape index (κ2) is 8.66. The highest BCUT2D eigenvalue weighted by Gasteiger charge is 2.06. The molecule has 2 heterocycles. The molecule has 0 saturated carbocycles. The highest BCUT2D eigenvalue weighted by atomic mass is 16.5. The summed E-state index contributed by atoms with van der Waals surface area (Å²) < 4.78 is 5.66. The van der Waals surface area contributed by atoms with Crippen LogP contribution in [0.4, 0.5) is 0 Å². The third-order valence-electron chi connectivity index (χ3n) is 4.49. The number of hydrogen-bond donors (Lipinski definition) is 0. The van der Waals surface area contributed by atoms with Gasteiger partial charge in [-0.15, -0.1) is 0 Å². The molecule has 0 amide bonds. The van der Waals surface area contributed by atoms with Gasteiger partial charge < -0.3 is 4.74 Å². The maximum absolute atomic E-state index is 12.5. The fourth-order valence-corrected chi connectivity index (χ4v) is 3.04. The highest BCUT2D eigenvalue weighted by molar-refractivity contribution is 6.06. The third-order valence-corrected chi connectivity index (χ3v) is 4.49. The van der Waals surface area contributed by atoms with Crippen LogP contribution in [0.5, 0.6) is 5.75 Å². The lowest BCUT2D eigenvalue weighted by Crippen LogP contribution is -2.05. The molecule has 0 fully saturated rings. The van der Waals surface area contributed by atoms with Gasteiger partial charge in [0.05, 0.1) is 22.8 Å². The number of hydrogen-bond acceptors (Lipinski definition) is 5. The van der Waals surface area contributed by atoms with E-state index in [1.54, 1.807) is 36.8 Å². The summed E-state index contributed by atoms with van der Waals surface area (Å²) in [7, 11) is 0. The molecule has 0 aliphatic rings. The molecule has 30 heavy (non-hydrogen) atoms. The van der Waals surface area contributed by atoms with Gasteiger partial charge in [-0.25, -0.2) is 0 Å². The van der Waals surface area contributed by atoms with E-state index in [1.807, 2.05) is 62.4 Å². The van der Waals surface area contributed by atoms with Crippen LogP contribution in [0.2, 0.25) is 0 Å². The summed E-state index contributed by atoms with van der Waals surface area (Å²) in [5.41, 5.74) is 4.82. The van der Waals surface area contributed by atoms with Crippen LogP contribution >= 0.6 is 0 Å². The maximum Gasteiger partial charge on any atom is 0.187 e. The zero-order chi connectivity index (χ0) is 20.9. The van der Waals surface area contributed by atoms with Gasteiger partial charge in [0.2, 0.25) is 0 Å². The van der Waals surface area contributed by atoms with Crippen LogP contribution in [-0.2, 0) is 0 Å². The molecule has 0 aliphatic carbocycles. The normalized spacial score (nSPS) is 11.3. The Bertz CT molecular complexity index is 1200. The number of nitrogens with zero attached hydrogens (tertiary/aromatic N) is 3. The van der Waals surface area contributed by atoms with Crippen molar-refractivity contribution in [2.75, 3.05) is 0 Å². The molecule has 0 N–H and O–H groups in total. The van der Waals surface area contributed by atoms with Gasteiger partial charge in [0.15, 0.2) is 5.78 Å². The van der Waals surface area contributed by atoms with Gasteiger partial charge in [0.1, 0.15) is 5.75 Å². The van der Waals surface area contributed by atoms with E-state index in [9.17, 15) is 4.79 Å². The van der Waals surface area contributed by atoms with Gasteiger partial charge in [-0.2, -0.15) is 0 Å². The van der Waals surface area contributed by atoms with Crippen molar-refractivity contribution in [1.29, 1.82) is 0 Å². The van der Waals surface area contributed by atoms with E-state index in [-0.39, 0.29) is 11.9 Å². The smallest absolute Gasteiger partial charge is 0.187 e. The van der Waals surface area contributed by atoms with Gasteiger partial charge in [0.25, 0.3) is 0 Å². The standard InChI is InChI=1S/C25H21N3O2/c1-17(2)30-21-8-5-19(6-9-21)22-11-7-20(16-28-22)25(29)12-4-18-3-10-23-24(15-18)27-14-13-26-23/h3-17H,1-2H3/b12-4+. The van der Waals surface area contributed by atoms with Crippen molar-refractivity contribution < 1.29 is 9.53 Å². The summed E-state index contributed by atoms with van der Waals surface area (Å²) in [5.74, 6) is 0.722. The minimum Gasteiger partial charge on any atom is -0.491 e. The summed E-state index contributed by atoms with van der Waals surface area (Å²) in [6.45, 7) is 3.99. The maximum atomic E-state index is 12.5. The van der Waals surface area contributed by atoms with Crippen LogP contribution in [0.15, 0.2) is 79.3 Å². The highest BCUT2D eigenvalue weighted by Crippen LogP contribution is 2.22. The Labute approximate surface area is 175 Å². The van der Waals surface area contributed by atoms with E-state index in [1.165, 1.54) is 0 Å². The van der Waals surface area contributed by atoms with E-state index >= 15 is 0 Å². The van der Waals surface area contributed by atoms with Crippen molar-refractivity contribution in [3.8, 4) is 17.0 Å². The third kappa shape index (κ3) is 4.58. The first-order valence-electron chi connectivity index (χ1n) is 9.75. The molecule has 2 aromatic carbocycles. The number of pyridine rings is 1. The Morgan fingerprint density at radius 2 is 1.67 bits per heavy atom. The van der Waals surface area contributed by atoms with Gasteiger partial charge in [0, 0.05) is 29.7 Å². The first-order chi connectivity index (χ1) is 14.6. The molecule has 0 atom stereocenters. The predicted octanol–water partition coefficient (Wildman–Crippen LogP) is 5.38. The van der Waals surface area contributed by atoms with Crippen molar-refractivity contribution in [3.05, 3.63) is 90.4 Å². The van der Waals surface area contributed by atoms with Crippen LogP contribution in [0.25, 0.3) is 28.4 Å². The zero-order valence-electron chi connectivity index (χ0n) is 16.8. The van der Waals surface area contributed by atoms with Crippen molar-refractivity contribution in [3.63, 3.8) is 0 Å². The molecule has 4 aromatic rings. The molecular formula is C25H21N3O2. The molecule has 0 bridgehead atoms. The molecule has 0 radical (unpaired) electrons. The molecule has 0 unspecified atom stereocenters. The first-order valence-corrected chi connectivity index (χ1v) is 9.75. The fourth-order valence-electron chi connectivity index (χ4n) is 3.04. The molecule has 4 rings (SSSR count). The lowest BCUT2D eigenvalue weighted by Gasteiger charge is -2.10. The number of rotatable bonds is 6. The Kier molecular flexibility index (Phi) is 5.61. The lowest BCUT2D eigenvalue weighted by atomic mass is 10.1. The number of carbonyl (C=O) groups excluding carboxylic acids is 1. The van der Waals surface area contributed by atoms with Gasteiger partial charge in [-0.1, -0.05) is 12.1 Å². The largest absolute Gasteiger partial charge is 0.491 e. The van der Waals surface area contributed by atoms with Gasteiger partial charge >= 0.3 is 0 Å². The molecule has 0 aliphatic heterocycles. The quantitative estimate of drug-likeness (QED) is 0.324. The number of fused-ring (bicyclic) bond motifs is 1. The molecule has 5 nitrogen and oxygen atoms in total. The fraction of sp³-hybridized carbons (Fsp3) is 0.120. The summed E-state index contributed by atoms with van der Waals surface area (Å²) in [4.78, 5) is 25.5. The van der Waals surface area contributed by atoms with Gasteiger partial charge in [-0.3, -0.25) is 19.7 Å². The topological polar surface area (TPSA) is 65.0 Å². The molecule has 0 saturated heterocycles. The van der Waals surface area contributed by atoms with Crippen molar-refractivity contribution in [1.82, 2.24) is 15.0 Å². The number of allylic oxidation sites excluding steroid dienone is 1. The van der Waals surface area contributed by atoms with E-state index in [2.05, 4.69) is 15.0 Å². The van der Waals surface area contributed by atoms with Crippen LogP contribution < -0.4 is 4.74 Å². The van der Waals surface area contributed by atoms with E-state index < -0.39 is 0 Å². The minimum atomic E-state index is -0.103. The van der Waals surface area contributed by atoms with Gasteiger partial charge in [-0.05, 0) is 74.0 Å². The van der Waals surface area contributed by atoms with Crippen molar-refractivity contribution in [2.24, 2.45) is 0 Å². The lowest BCUT2D eigenvalue weighted by molar-refractivity contribution is 0.104. The van der Waals surface area contributed by atoms with Crippen LogP contribution in [-0.4, -0.2) is 26.8 Å². The molecule has 0 spiro atoms. The zero-order valence-corrected chi connectivity index (χ0v) is 16.8. The summed E-state index contributed by atoms with van der Waals surface area (Å²) in [5, 5.41) is 0. The summed E-state index contributed by atoms with van der Waals surface area (Å²) in [6.07, 6.45) is 8.37. The minimum absolute atomic E-state index is 0.103. The van der Waals surface area contributed by atoms with E-state index in [4.69, 9.17) is 4.74 Å². The average Bonchev–Trinajstić information content (AvgIpc) is 2.77. The summed E-state index contributed by atoms with van der Waals surface area (Å²) in [6, 6.07) is 17.1. The summed E-state index contributed by atoms with van der Waals surface area (Å²) >= 11 is 0. The Morgan fingerprint density at radius 1 is 0.900 bits per heavy atom. The number of ether oxygens (including phenoxy) is 1. The van der Waals surface area contributed by atoms with Crippen LogP contribution in [0, 0.1) is 0 Å². The monoisotopic (exact) mass is 395 g/mol. The average molecular weight is 395 g/mol. The SMILES string of the molecule is CC(C)Oc1ccc(-c2ccc(C(=O)/C=C/c3ccc4nccnc4c3)cn2)cc1. The second-order valence-electron chi connectivity index (χ2n) is 7.13. The molecule has 2 aromatic heterocycles. The molecular weight excluding hydrogens is 374 g/mol. The Morgan fingerprint density at radius 3 is 2.37 bits per heavy atom. The van der Waals surface area contributed by atoms with Crippen molar-refractivity contribution >= 4 is 22.9 Å². The van der Waals surface area contributed by atoms with Crippen LogP contribution in [0.1, 0.15) is 29.8 Å². The first kappa shape index (κ1) is 19.5. The Hall–Kier alpha value is -3.86. The number of aromatic nitrogens is 3. The number of benzene rings is 2. The van der Waals surface area contributed by atoms with E-state index in [0.29, 0.717) is 5.56 Å². The number of ketones is 1.